The number of methoxy groups -OCH3 is 3. The van der Waals surface area contributed by atoms with E-state index in [-0.39, 0.29) is 24.4 Å². The molecule has 0 aliphatic carbocycles. The third-order valence-corrected chi connectivity index (χ3v) is 5.92. The first-order chi connectivity index (χ1) is 17.4. The second-order valence-electron chi connectivity index (χ2n) is 8.59. The van der Waals surface area contributed by atoms with Crippen molar-refractivity contribution in [1.82, 2.24) is 9.80 Å². The van der Waals surface area contributed by atoms with Crippen molar-refractivity contribution in [2.24, 2.45) is 0 Å². The molecular weight excluding hydrogens is 460 g/mol. The minimum Gasteiger partial charge on any atom is -0.497 e. The van der Waals surface area contributed by atoms with Crippen LogP contribution in [0.4, 0.5) is 0 Å². The summed E-state index contributed by atoms with van der Waals surface area (Å²) in [6, 6.07) is 16.0. The molecule has 0 aliphatic rings. The first-order valence-corrected chi connectivity index (χ1v) is 11.8. The smallest absolute Gasteiger partial charge is 0.254 e. The maximum Gasteiger partial charge on any atom is 0.254 e. The largest absolute Gasteiger partial charge is 0.497 e. The molecule has 0 fully saturated rings. The van der Waals surface area contributed by atoms with Crippen molar-refractivity contribution in [2.75, 3.05) is 34.4 Å². The van der Waals surface area contributed by atoms with Crippen LogP contribution in [0.5, 0.6) is 17.2 Å². The van der Waals surface area contributed by atoms with Crippen LogP contribution in [-0.4, -0.2) is 62.1 Å². The molecule has 0 aliphatic heterocycles. The van der Waals surface area contributed by atoms with Gasteiger partial charge in [0.2, 0.25) is 5.91 Å². The maximum absolute atomic E-state index is 13.5. The average Bonchev–Trinajstić information content (AvgIpc) is 3.42. The molecule has 0 radical (unpaired) electrons. The van der Waals surface area contributed by atoms with Crippen molar-refractivity contribution in [3.63, 3.8) is 0 Å². The summed E-state index contributed by atoms with van der Waals surface area (Å²) in [7, 11) is 4.76. The lowest BCUT2D eigenvalue weighted by Gasteiger charge is -2.30. The lowest BCUT2D eigenvalue weighted by molar-refractivity contribution is -0.133. The summed E-state index contributed by atoms with van der Waals surface area (Å²) in [6.45, 7) is 4.50. The van der Waals surface area contributed by atoms with Gasteiger partial charge in [0.25, 0.3) is 5.91 Å². The number of furan rings is 1. The van der Waals surface area contributed by atoms with Crippen LogP contribution in [0.1, 0.15) is 35.5 Å². The van der Waals surface area contributed by atoms with Crippen molar-refractivity contribution in [3.8, 4) is 17.2 Å². The van der Waals surface area contributed by atoms with E-state index in [1.807, 2.05) is 38.1 Å². The van der Waals surface area contributed by atoms with Crippen molar-refractivity contribution in [3.05, 3.63) is 77.7 Å². The van der Waals surface area contributed by atoms with Crippen LogP contribution in [0.25, 0.3) is 0 Å². The average molecular weight is 495 g/mol. The summed E-state index contributed by atoms with van der Waals surface area (Å²) < 4.78 is 21.4. The van der Waals surface area contributed by atoms with Gasteiger partial charge < -0.3 is 28.4 Å². The molecule has 192 valence electrons. The Morgan fingerprint density at radius 1 is 0.917 bits per heavy atom. The second-order valence-corrected chi connectivity index (χ2v) is 8.59. The Bertz CT molecular complexity index is 1130. The Hall–Kier alpha value is -3.94. The van der Waals surface area contributed by atoms with Crippen molar-refractivity contribution in [1.29, 1.82) is 0 Å². The number of amides is 2. The topological polar surface area (TPSA) is 81.5 Å². The third kappa shape index (κ3) is 6.81. The molecule has 8 nitrogen and oxygen atoms in total. The molecule has 3 rings (SSSR count). The van der Waals surface area contributed by atoms with E-state index >= 15 is 0 Å². The number of nitrogens with zero attached hydrogens (tertiary/aromatic N) is 2. The molecular formula is C28H34N2O6. The Kier molecular flexibility index (Phi) is 9.39. The predicted molar refractivity (Wildman–Crippen MR) is 137 cm³/mol. The lowest BCUT2D eigenvalue weighted by atomic mass is 10.1. The number of hydrogen-bond acceptors (Lipinski definition) is 6. The van der Waals surface area contributed by atoms with Gasteiger partial charge in [-0.1, -0.05) is 6.07 Å². The predicted octanol–water partition coefficient (Wildman–Crippen LogP) is 4.43. The van der Waals surface area contributed by atoms with E-state index in [0.717, 1.165) is 5.56 Å². The summed E-state index contributed by atoms with van der Waals surface area (Å²) in [6.07, 6.45) is 2.18. The molecule has 2 aromatic carbocycles. The van der Waals surface area contributed by atoms with Crippen molar-refractivity contribution in [2.45, 2.75) is 32.9 Å². The first-order valence-electron chi connectivity index (χ1n) is 11.8. The van der Waals surface area contributed by atoms with Crippen LogP contribution in [-0.2, 0) is 17.8 Å². The van der Waals surface area contributed by atoms with Gasteiger partial charge in [0.15, 0.2) is 11.5 Å². The normalized spacial score (nSPS) is 10.7. The number of carbonyl (C=O) groups excluding carboxylic acids is 2. The fraction of sp³-hybridized carbons (Fsp3) is 0.357. The highest BCUT2D eigenvalue weighted by molar-refractivity contribution is 5.96. The van der Waals surface area contributed by atoms with Gasteiger partial charge in [-0.05, 0) is 74.4 Å². The summed E-state index contributed by atoms with van der Waals surface area (Å²) in [5.74, 6) is 2.25. The molecule has 3 aromatic rings. The molecule has 2 amide bonds. The Morgan fingerprint density at radius 3 is 2.22 bits per heavy atom. The quantitative estimate of drug-likeness (QED) is 0.371. The zero-order valence-corrected chi connectivity index (χ0v) is 21.5. The van der Waals surface area contributed by atoms with Gasteiger partial charge in [-0.2, -0.15) is 0 Å². The van der Waals surface area contributed by atoms with Crippen LogP contribution in [0.2, 0.25) is 0 Å². The molecule has 0 bridgehead atoms. The molecule has 0 saturated heterocycles. The monoisotopic (exact) mass is 494 g/mol. The Balaban J connectivity index is 1.76. The van der Waals surface area contributed by atoms with E-state index in [2.05, 4.69) is 0 Å². The van der Waals surface area contributed by atoms with Crippen LogP contribution in [0, 0.1) is 0 Å². The van der Waals surface area contributed by atoms with Gasteiger partial charge >= 0.3 is 0 Å². The van der Waals surface area contributed by atoms with Gasteiger partial charge in [0.1, 0.15) is 18.1 Å². The van der Waals surface area contributed by atoms with Crippen LogP contribution in [0.3, 0.4) is 0 Å². The van der Waals surface area contributed by atoms with E-state index in [4.69, 9.17) is 18.6 Å². The second kappa shape index (κ2) is 12.7. The van der Waals surface area contributed by atoms with Crippen LogP contribution in [0.15, 0.2) is 65.3 Å². The lowest BCUT2D eigenvalue weighted by Crippen LogP contribution is -2.46. The summed E-state index contributed by atoms with van der Waals surface area (Å²) in [5, 5.41) is 0. The number of hydrogen-bond donors (Lipinski definition) is 0. The SMILES string of the molecule is COc1ccc(C(=O)N(CC(=O)N(CCc2ccc(OC)c(OC)c2)Cc2ccco2)C(C)C)cc1. The summed E-state index contributed by atoms with van der Waals surface area (Å²) >= 11 is 0. The zero-order chi connectivity index (χ0) is 26.1. The van der Waals surface area contributed by atoms with Gasteiger partial charge in [0.05, 0.1) is 34.1 Å². The third-order valence-electron chi connectivity index (χ3n) is 5.92. The summed E-state index contributed by atoms with van der Waals surface area (Å²) in [5.41, 5.74) is 1.50. The van der Waals surface area contributed by atoms with Gasteiger partial charge in [-0.25, -0.2) is 0 Å². The molecule has 0 N–H and O–H groups in total. The van der Waals surface area contributed by atoms with E-state index < -0.39 is 0 Å². The van der Waals surface area contributed by atoms with E-state index in [1.54, 1.807) is 67.7 Å². The van der Waals surface area contributed by atoms with Crippen molar-refractivity contribution >= 4 is 11.8 Å². The molecule has 0 spiro atoms. The number of ether oxygens (including phenoxy) is 3. The summed E-state index contributed by atoms with van der Waals surface area (Å²) in [4.78, 5) is 30.0. The first kappa shape index (κ1) is 26.7. The highest BCUT2D eigenvalue weighted by atomic mass is 16.5. The van der Waals surface area contributed by atoms with Crippen molar-refractivity contribution < 1.29 is 28.2 Å². The van der Waals surface area contributed by atoms with Gasteiger partial charge in [0, 0.05) is 18.2 Å². The molecule has 0 atom stereocenters. The van der Waals surface area contributed by atoms with Crippen LogP contribution >= 0.6 is 0 Å². The number of rotatable bonds is 12. The van der Waals surface area contributed by atoms with Gasteiger partial charge in [-0.15, -0.1) is 0 Å². The number of benzene rings is 2. The highest BCUT2D eigenvalue weighted by Crippen LogP contribution is 2.28. The number of carbonyl (C=O) groups is 2. The molecule has 1 heterocycles. The molecule has 8 heteroatoms. The zero-order valence-electron chi connectivity index (χ0n) is 21.5. The van der Waals surface area contributed by atoms with E-state index in [9.17, 15) is 9.59 Å². The Labute approximate surface area is 212 Å². The van der Waals surface area contributed by atoms with E-state index in [0.29, 0.717) is 48.1 Å². The fourth-order valence-electron chi connectivity index (χ4n) is 3.82. The minimum absolute atomic E-state index is 0.0465. The molecule has 0 unspecified atom stereocenters. The van der Waals surface area contributed by atoms with E-state index in [1.165, 1.54) is 0 Å². The minimum atomic E-state index is -0.209. The molecule has 0 saturated carbocycles. The van der Waals surface area contributed by atoms with Gasteiger partial charge in [-0.3, -0.25) is 9.59 Å². The highest BCUT2D eigenvalue weighted by Gasteiger charge is 2.25. The Morgan fingerprint density at radius 2 is 1.64 bits per heavy atom. The fourth-order valence-corrected chi connectivity index (χ4v) is 3.82. The maximum atomic E-state index is 13.5. The molecule has 36 heavy (non-hydrogen) atoms. The van der Waals surface area contributed by atoms with Crippen LogP contribution < -0.4 is 14.2 Å². The molecule has 1 aromatic heterocycles. The standard InChI is InChI=1S/C28H34N2O6/c1-20(2)30(28(32)22-9-11-23(33-3)12-10-22)19-27(31)29(18-24-7-6-16-36-24)15-14-21-8-13-25(34-4)26(17-21)35-5/h6-13,16-17,20H,14-15,18-19H2,1-5H3.